The summed E-state index contributed by atoms with van der Waals surface area (Å²) in [7, 11) is 0. The van der Waals surface area contributed by atoms with Gasteiger partial charge in [-0.25, -0.2) is 0 Å². The minimum atomic E-state index is -1.51. The minimum Gasteiger partial charge on any atom is -0.481 e. The summed E-state index contributed by atoms with van der Waals surface area (Å²) in [6.45, 7) is -1.95. The zero-order valence-electron chi connectivity index (χ0n) is 11.9. The van der Waals surface area contributed by atoms with Gasteiger partial charge in [-0.15, -0.1) is 0 Å². The molecule has 0 rings (SSSR count). The number of hydrogen-bond acceptors (Lipinski definition) is 7. The lowest BCUT2D eigenvalue weighted by atomic mass is 10.1. The first-order valence-electron chi connectivity index (χ1n) is 6.32. The van der Waals surface area contributed by atoms with Crippen molar-refractivity contribution in [2.75, 3.05) is 19.7 Å². The zero-order chi connectivity index (χ0) is 18.0. The molecule has 0 radical (unpaired) electrons. The van der Waals surface area contributed by atoms with Crippen LogP contribution in [0.5, 0.6) is 0 Å². The number of carboxylic acids is 2. The van der Waals surface area contributed by atoms with Crippen LogP contribution in [0.2, 0.25) is 0 Å². The summed E-state index contributed by atoms with van der Waals surface area (Å²) in [5, 5.41) is 31.8. The average Bonchev–Trinajstić information content (AvgIpc) is 2.48. The van der Waals surface area contributed by atoms with Crippen LogP contribution >= 0.6 is 0 Å². The molecule has 2 unspecified atom stereocenters. The van der Waals surface area contributed by atoms with Crippen LogP contribution in [0.25, 0.3) is 0 Å². The van der Waals surface area contributed by atoms with E-state index in [0.717, 1.165) is 0 Å². The van der Waals surface area contributed by atoms with Gasteiger partial charge in [-0.3, -0.25) is 24.0 Å². The molecular weight excluding hydrogens is 316 g/mol. The molecule has 0 saturated heterocycles. The van der Waals surface area contributed by atoms with Crippen LogP contribution in [-0.4, -0.2) is 76.8 Å². The van der Waals surface area contributed by atoms with E-state index in [1.165, 1.54) is 0 Å². The minimum absolute atomic E-state index is 0.607. The summed E-state index contributed by atoms with van der Waals surface area (Å²) >= 11 is 0. The molecule has 0 fully saturated rings. The maximum absolute atomic E-state index is 11.8. The Balaban J connectivity index is 4.57. The summed E-state index contributed by atoms with van der Waals surface area (Å²) in [6.07, 6.45) is -0.771. The number of nitrogens with two attached hydrogens (primary N) is 1. The summed E-state index contributed by atoms with van der Waals surface area (Å²) < 4.78 is 0. The number of amides is 3. The second-order valence-electron chi connectivity index (χ2n) is 4.34. The van der Waals surface area contributed by atoms with Gasteiger partial charge in [0.05, 0.1) is 19.6 Å². The van der Waals surface area contributed by atoms with Crippen LogP contribution < -0.4 is 21.7 Å². The molecule has 0 saturated carbocycles. The lowest BCUT2D eigenvalue weighted by Crippen LogP contribution is -2.54. The molecule has 0 aliphatic carbocycles. The van der Waals surface area contributed by atoms with Gasteiger partial charge < -0.3 is 37.0 Å². The molecule has 0 aromatic rings. The predicted octanol–water partition coefficient (Wildman–Crippen LogP) is -4.42. The van der Waals surface area contributed by atoms with Gasteiger partial charge >= 0.3 is 11.9 Å². The number of rotatable bonds is 10. The molecule has 23 heavy (non-hydrogen) atoms. The van der Waals surface area contributed by atoms with E-state index >= 15 is 0 Å². The van der Waals surface area contributed by atoms with Crippen LogP contribution in [0.1, 0.15) is 6.42 Å². The van der Waals surface area contributed by atoms with Gasteiger partial charge in [0, 0.05) is 0 Å². The van der Waals surface area contributed by atoms with Crippen molar-refractivity contribution in [2.24, 2.45) is 5.73 Å². The zero-order valence-corrected chi connectivity index (χ0v) is 11.9. The standard InChI is InChI=1S/C11H18N4O8/c12-5(4-16)10(22)15-6(1-8(18)19)11(23)14-2-7(17)13-3-9(20)21/h5-6,16H,1-4,12H2,(H,13,17)(H,14,23)(H,15,22)(H,18,19)(H,20,21). The molecule has 3 amide bonds. The van der Waals surface area contributed by atoms with Crippen LogP contribution in [0.4, 0.5) is 0 Å². The maximum Gasteiger partial charge on any atom is 0.322 e. The summed E-state index contributed by atoms with van der Waals surface area (Å²) in [5.74, 6) is -5.40. The lowest BCUT2D eigenvalue weighted by molar-refractivity contribution is -0.141. The highest BCUT2D eigenvalue weighted by atomic mass is 16.4. The molecule has 0 aliphatic rings. The smallest absolute Gasteiger partial charge is 0.322 e. The molecule has 0 aliphatic heterocycles. The molecule has 12 heteroatoms. The highest BCUT2D eigenvalue weighted by Gasteiger charge is 2.26. The third kappa shape index (κ3) is 9.00. The maximum atomic E-state index is 11.8. The third-order valence-corrected chi connectivity index (χ3v) is 2.41. The Bertz CT molecular complexity index is 481. The molecule has 8 N–H and O–H groups in total. The van der Waals surface area contributed by atoms with E-state index in [-0.39, 0.29) is 0 Å². The largest absolute Gasteiger partial charge is 0.481 e. The van der Waals surface area contributed by atoms with Gasteiger partial charge in [-0.1, -0.05) is 0 Å². The first-order chi connectivity index (χ1) is 10.7. The highest BCUT2D eigenvalue weighted by molar-refractivity contribution is 5.94. The van der Waals surface area contributed by atoms with E-state index in [4.69, 9.17) is 21.1 Å². The van der Waals surface area contributed by atoms with Gasteiger partial charge in [-0.05, 0) is 0 Å². The Morgan fingerprint density at radius 2 is 1.52 bits per heavy atom. The molecule has 0 spiro atoms. The van der Waals surface area contributed by atoms with Crippen molar-refractivity contribution in [3.8, 4) is 0 Å². The monoisotopic (exact) mass is 334 g/mol. The quantitative estimate of drug-likeness (QED) is 0.205. The molecule has 0 aromatic carbocycles. The summed E-state index contributed by atoms with van der Waals surface area (Å²) in [4.78, 5) is 55.4. The number of aliphatic hydroxyl groups excluding tert-OH is 1. The van der Waals surface area contributed by atoms with Crippen LogP contribution in [-0.2, 0) is 24.0 Å². The van der Waals surface area contributed by atoms with E-state index in [0.29, 0.717) is 0 Å². The second-order valence-corrected chi connectivity index (χ2v) is 4.34. The van der Waals surface area contributed by atoms with Gasteiger partial charge in [0.2, 0.25) is 17.7 Å². The van der Waals surface area contributed by atoms with E-state index in [2.05, 4.69) is 0 Å². The van der Waals surface area contributed by atoms with Gasteiger partial charge in [-0.2, -0.15) is 0 Å². The van der Waals surface area contributed by atoms with Crippen molar-refractivity contribution in [1.82, 2.24) is 16.0 Å². The van der Waals surface area contributed by atoms with Crippen LogP contribution in [0.3, 0.4) is 0 Å². The number of carbonyl (C=O) groups excluding carboxylic acids is 3. The van der Waals surface area contributed by atoms with Crippen molar-refractivity contribution >= 4 is 29.7 Å². The fourth-order valence-corrected chi connectivity index (χ4v) is 1.27. The topological polar surface area (TPSA) is 208 Å². The highest BCUT2D eigenvalue weighted by Crippen LogP contribution is 1.94. The molecular formula is C11H18N4O8. The fraction of sp³-hybridized carbons (Fsp3) is 0.545. The number of nitrogens with one attached hydrogen (secondary N) is 3. The first-order valence-corrected chi connectivity index (χ1v) is 6.32. The van der Waals surface area contributed by atoms with E-state index in [1.807, 2.05) is 16.0 Å². The Morgan fingerprint density at radius 3 is 2.00 bits per heavy atom. The van der Waals surface area contributed by atoms with E-state index < -0.39 is 67.9 Å². The molecule has 0 heterocycles. The second kappa shape index (κ2) is 10.1. The first kappa shape index (κ1) is 20.3. The van der Waals surface area contributed by atoms with Gasteiger partial charge in [0.15, 0.2) is 0 Å². The third-order valence-electron chi connectivity index (χ3n) is 2.41. The van der Waals surface area contributed by atoms with Crippen molar-refractivity contribution in [2.45, 2.75) is 18.5 Å². The fourth-order valence-electron chi connectivity index (χ4n) is 1.27. The van der Waals surface area contributed by atoms with E-state index in [9.17, 15) is 24.0 Å². The number of carbonyl (C=O) groups is 5. The van der Waals surface area contributed by atoms with Crippen molar-refractivity contribution in [1.29, 1.82) is 0 Å². The van der Waals surface area contributed by atoms with Gasteiger partial charge in [0.1, 0.15) is 18.6 Å². The molecule has 2 atom stereocenters. The normalized spacial score (nSPS) is 12.6. The van der Waals surface area contributed by atoms with Crippen molar-refractivity contribution < 1.29 is 39.3 Å². The number of carboxylic acid groups (broad SMARTS) is 2. The number of aliphatic carboxylic acids is 2. The SMILES string of the molecule is NC(CO)C(=O)NC(CC(=O)O)C(=O)NCC(=O)NCC(=O)O. The van der Waals surface area contributed by atoms with Crippen molar-refractivity contribution in [3.63, 3.8) is 0 Å². The predicted molar refractivity (Wildman–Crippen MR) is 72.9 cm³/mol. The summed E-state index contributed by atoms with van der Waals surface area (Å²) in [6, 6.07) is -2.84. The van der Waals surface area contributed by atoms with Gasteiger partial charge in [0.25, 0.3) is 0 Å². The Hall–Kier alpha value is -2.73. The molecule has 0 bridgehead atoms. The van der Waals surface area contributed by atoms with Crippen molar-refractivity contribution in [3.05, 3.63) is 0 Å². The number of aliphatic hydroxyl groups is 1. The molecule has 0 aromatic heterocycles. The Kier molecular flexibility index (Phi) is 8.88. The molecule has 130 valence electrons. The van der Waals surface area contributed by atoms with Crippen LogP contribution in [0.15, 0.2) is 0 Å². The Labute approximate surface area is 130 Å². The molecule has 12 nitrogen and oxygen atoms in total. The summed E-state index contributed by atoms with van der Waals surface area (Å²) in [5.41, 5.74) is 5.22. The van der Waals surface area contributed by atoms with E-state index in [1.54, 1.807) is 0 Å². The Morgan fingerprint density at radius 1 is 0.913 bits per heavy atom. The number of hydrogen-bond donors (Lipinski definition) is 7. The van der Waals surface area contributed by atoms with Crippen LogP contribution in [0, 0.1) is 0 Å². The lowest BCUT2D eigenvalue weighted by Gasteiger charge is -2.18. The average molecular weight is 334 g/mol.